The summed E-state index contributed by atoms with van der Waals surface area (Å²) in [6, 6.07) is 29.0. The number of nitrogens with zero attached hydrogens (tertiary/aromatic N) is 4. The molecular weight excluding hydrogens is 889 g/mol. The molecule has 1 aliphatic rings. The Labute approximate surface area is 428 Å². The number of nitrogens with one attached hydrogen (secondary N) is 2. The third kappa shape index (κ3) is 11.9. The number of fused-ring (bicyclic) bond motifs is 4. The second-order valence-electron chi connectivity index (χ2n) is 19.9. The first kappa shape index (κ1) is 53.1. The molecule has 9 nitrogen and oxygen atoms in total. The number of amides is 2. The second-order valence-corrected chi connectivity index (χ2v) is 19.9. The van der Waals surface area contributed by atoms with E-state index in [4.69, 9.17) is 6.57 Å². The number of anilines is 4. The van der Waals surface area contributed by atoms with Crippen molar-refractivity contribution in [2.75, 3.05) is 46.6 Å². The molecule has 9 heteroatoms. The van der Waals surface area contributed by atoms with Crippen LogP contribution < -0.4 is 20.4 Å². The number of hydrogen-bond acceptors (Lipinski definition) is 5. The Morgan fingerprint density at radius 2 is 0.958 bits per heavy atom. The van der Waals surface area contributed by atoms with Crippen molar-refractivity contribution in [1.29, 1.82) is 0 Å². The van der Waals surface area contributed by atoms with E-state index in [0.29, 0.717) is 28.1 Å². The van der Waals surface area contributed by atoms with Crippen molar-refractivity contribution in [3.05, 3.63) is 124 Å². The summed E-state index contributed by atoms with van der Waals surface area (Å²) >= 11 is 0. The lowest BCUT2D eigenvalue weighted by Crippen LogP contribution is -2.32. The highest BCUT2D eigenvalue weighted by Gasteiger charge is 2.46. The van der Waals surface area contributed by atoms with Gasteiger partial charge in [-0.2, -0.15) is 0 Å². The number of rotatable bonds is 27. The minimum Gasteiger partial charge on any atom is -0.775 e. The molecule has 0 fully saturated rings. The Kier molecular flexibility index (Phi) is 18.8. The third-order valence-corrected chi connectivity index (χ3v) is 14.5. The first-order chi connectivity index (χ1) is 35.1. The largest absolute Gasteiger partial charge is 0.775 e. The van der Waals surface area contributed by atoms with E-state index in [1.807, 2.05) is 36.4 Å². The molecule has 0 saturated carbocycles. The van der Waals surface area contributed by atoms with Gasteiger partial charge in [0.1, 0.15) is 0 Å². The minimum absolute atomic E-state index is 0.199. The zero-order valence-corrected chi connectivity index (χ0v) is 43.8. The smallest absolute Gasteiger partial charge is 0.221 e. The van der Waals surface area contributed by atoms with Crippen molar-refractivity contribution >= 4 is 94.9 Å². The number of allylic oxidation sites excluding steroid dienone is 2. The lowest BCUT2D eigenvalue weighted by atomic mass is 9.66. The maximum Gasteiger partial charge on any atom is 0.221 e. The van der Waals surface area contributed by atoms with Crippen molar-refractivity contribution in [2.45, 2.75) is 150 Å². The lowest BCUT2D eigenvalue weighted by molar-refractivity contribution is -0.116. The molecule has 0 aliphatic heterocycles. The first-order valence-corrected chi connectivity index (χ1v) is 27.1. The molecule has 2 amide bonds. The van der Waals surface area contributed by atoms with Gasteiger partial charge in [-0.1, -0.05) is 153 Å². The standard InChI is InChI=1S/C63H75N6O3/c1-8-12-16-24-32-68(33-25-17-13-9-2)56-40-53(66-43(5)70)58(51-38-47-30-22-20-28-45(47)36-49(51)56)61-60(55(42-64)65-7)62(63(61)72)59-52-39-48-31-23-21-29-46(48)37-50(52)57(41-54(59)67-44(6)71)69(34-26-18-14-10-3)35-27-19-15-11-4/h20-23,28-31,36-41,61H,8-19,24-27,32-35H2,1-6H3,(H,66,70)(H,67,71)/q-1. The molecule has 0 spiro atoms. The molecule has 0 aromatic heterocycles. The van der Waals surface area contributed by atoms with Gasteiger partial charge in [0, 0.05) is 79.0 Å². The first-order valence-electron chi connectivity index (χ1n) is 27.1. The molecule has 1 atom stereocenters. The van der Waals surface area contributed by atoms with E-state index in [9.17, 15) is 15.0 Å². The molecule has 0 heterocycles. The molecule has 72 heavy (non-hydrogen) atoms. The number of Topliss-reactive ketones (excluding diaryl/α,β-unsaturated/α-hetero) is 1. The van der Waals surface area contributed by atoms with Gasteiger partial charge in [-0.3, -0.25) is 20.3 Å². The summed E-state index contributed by atoms with van der Waals surface area (Å²) in [6.45, 7) is 23.7. The molecule has 6 aromatic rings. The van der Waals surface area contributed by atoms with Crippen LogP contribution in [0.25, 0.3) is 58.9 Å². The molecule has 1 unspecified atom stereocenters. The van der Waals surface area contributed by atoms with Gasteiger partial charge in [-0.15, -0.1) is 0 Å². The number of benzene rings is 6. The molecule has 6 aromatic carbocycles. The summed E-state index contributed by atoms with van der Waals surface area (Å²) in [4.78, 5) is 51.5. The normalized spacial score (nSPS) is 13.3. The molecule has 2 N–H and O–H groups in total. The van der Waals surface area contributed by atoms with Crippen LogP contribution >= 0.6 is 0 Å². The van der Waals surface area contributed by atoms with E-state index in [0.717, 1.165) is 183 Å². The van der Waals surface area contributed by atoms with E-state index in [1.54, 1.807) is 0 Å². The maximum absolute atomic E-state index is 15.9. The van der Waals surface area contributed by atoms with Crippen LogP contribution in [0.2, 0.25) is 0 Å². The fourth-order valence-electron chi connectivity index (χ4n) is 10.9. The van der Waals surface area contributed by atoms with Gasteiger partial charge in [0.2, 0.25) is 17.5 Å². The monoisotopic (exact) mass is 964 g/mol. The lowest BCUT2D eigenvalue weighted by Gasteiger charge is -2.37. The van der Waals surface area contributed by atoms with Crippen LogP contribution in [0.1, 0.15) is 161 Å². The number of carbonyl (C=O) groups excluding carboxylic acids is 3. The Bertz CT molecular complexity index is 3040. The van der Waals surface area contributed by atoms with E-state index in [-0.39, 0.29) is 28.9 Å². The van der Waals surface area contributed by atoms with Gasteiger partial charge in [0.05, 0.1) is 18.2 Å². The summed E-state index contributed by atoms with van der Waals surface area (Å²) in [5.41, 5.74) is 4.30. The Morgan fingerprint density at radius 3 is 1.36 bits per heavy atom. The van der Waals surface area contributed by atoms with E-state index in [1.165, 1.54) is 13.8 Å². The number of ketones is 1. The predicted molar refractivity (Wildman–Crippen MR) is 306 cm³/mol. The average molecular weight is 964 g/mol. The number of hydrogen-bond donors (Lipinski definition) is 2. The zero-order chi connectivity index (χ0) is 51.1. The van der Waals surface area contributed by atoms with Gasteiger partial charge in [-0.05, 0) is 106 Å². The summed E-state index contributed by atoms with van der Waals surface area (Å²) < 4.78 is 0. The topological polar surface area (TPSA) is 108 Å². The molecule has 1 aliphatic carbocycles. The molecule has 376 valence electrons. The van der Waals surface area contributed by atoms with E-state index >= 15 is 4.79 Å². The van der Waals surface area contributed by atoms with Gasteiger partial charge in [-0.25, -0.2) is 4.85 Å². The summed E-state index contributed by atoms with van der Waals surface area (Å²) in [6.07, 6.45) is 17.6. The Hall–Kier alpha value is -6.75. The molecule has 0 radical (unpaired) electrons. The Balaban J connectivity index is 1.54. The highest BCUT2D eigenvalue weighted by atomic mass is 16.2. The quantitative estimate of drug-likeness (QED) is 0.0231. The van der Waals surface area contributed by atoms with Crippen molar-refractivity contribution in [3.63, 3.8) is 0 Å². The van der Waals surface area contributed by atoms with Gasteiger partial charge in [0.15, 0.2) is 5.78 Å². The highest BCUT2D eigenvalue weighted by Crippen LogP contribution is 2.56. The van der Waals surface area contributed by atoms with Crippen molar-refractivity contribution in [1.82, 2.24) is 0 Å². The van der Waals surface area contributed by atoms with Crippen LogP contribution in [0.15, 0.2) is 96.2 Å². The highest BCUT2D eigenvalue weighted by molar-refractivity contribution is 6.39. The third-order valence-electron chi connectivity index (χ3n) is 14.5. The van der Waals surface area contributed by atoms with Crippen LogP contribution in [-0.4, -0.2) is 49.6 Å². The maximum atomic E-state index is 15.9. The van der Waals surface area contributed by atoms with Crippen LogP contribution in [0, 0.1) is 6.57 Å². The fourth-order valence-corrected chi connectivity index (χ4v) is 10.9. The number of unbranched alkanes of at least 4 members (excludes halogenated alkanes) is 12. The Morgan fingerprint density at radius 1 is 0.569 bits per heavy atom. The molecule has 0 saturated heterocycles. The van der Waals surface area contributed by atoms with Gasteiger partial charge >= 0.3 is 0 Å². The second kappa shape index (κ2) is 25.6. The van der Waals surface area contributed by atoms with Crippen LogP contribution in [0.5, 0.6) is 0 Å². The van der Waals surface area contributed by atoms with Crippen molar-refractivity contribution in [3.8, 4) is 0 Å². The SMILES string of the molecule is [C-]#[N+]C(=C=[N-])C1=C(c2c(NC(C)=O)cc(N(CCCCCC)CCCCCC)c3cc4ccccc4cc23)C(=O)C1c1c(NC(C)=O)cc(N(CCCCCC)CCCCCC)c2cc3ccccc3cc12. The number of carbonyl (C=O) groups is 3. The molecule has 0 bridgehead atoms. The minimum atomic E-state index is -1.07. The van der Waals surface area contributed by atoms with Crippen molar-refractivity contribution < 1.29 is 14.4 Å². The van der Waals surface area contributed by atoms with Crippen LogP contribution in [-0.2, 0) is 14.4 Å². The van der Waals surface area contributed by atoms with E-state index in [2.05, 4.69) is 107 Å². The summed E-state index contributed by atoms with van der Waals surface area (Å²) in [5, 5.41) is 24.7. The molecular formula is C63H75N6O3-. The van der Waals surface area contributed by atoms with Crippen LogP contribution in [0.3, 0.4) is 0 Å². The summed E-state index contributed by atoms with van der Waals surface area (Å²) in [7, 11) is 0. The van der Waals surface area contributed by atoms with Gasteiger partial charge in [0.25, 0.3) is 0 Å². The average Bonchev–Trinajstić information content (AvgIpc) is 3.37. The zero-order valence-electron chi connectivity index (χ0n) is 43.8. The molecule has 7 rings (SSSR count). The van der Waals surface area contributed by atoms with Crippen LogP contribution in [0.4, 0.5) is 22.7 Å². The van der Waals surface area contributed by atoms with Gasteiger partial charge < -0.3 is 25.8 Å². The predicted octanol–water partition coefficient (Wildman–Crippen LogP) is 16.3. The summed E-state index contributed by atoms with van der Waals surface area (Å²) in [5.74, 6) is 0.267. The fraction of sp³-hybridized carbons (Fsp3) is 0.429. The van der Waals surface area contributed by atoms with E-state index < -0.39 is 5.92 Å². The van der Waals surface area contributed by atoms with Crippen molar-refractivity contribution in [2.24, 2.45) is 0 Å².